The fourth-order valence-electron chi connectivity index (χ4n) is 2.13. The van der Waals surface area contributed by atoms with Gasteiger partial charge >= 0.3 is 5.97 Å². The number of rotatable bonds is 7. The van der Waals surface area contributed by atoms with E-state index in [1.54, 1.807) is 17.5 Å². The van der Waals surface area contributed by atoms with E-state index in [0.717, 1.165) is 18.4 Å². The maximum atomic E-state index is 12.0. The Bertz CT molecular complexity index is 596. The first-order chi connectivity index (χ1) is 10.7. The van der Waals surface area contributed by atoms with Crippen molar-refractivity contribution in [3.63, 3.8) is 0 Å². The molecule has 1 unspecified atom stereocenters. The normalized spacial score (nSPS) is 11.7. The molecule has 0 aliphatic rings. The minimum absolute atomic E-state index is 0.0564. The summed E-state index contributed by atoms with van der Waals surface area (Å²) >= 11 is 1.30. The van der Waals surface area contributed by atoms with Crippen LogP contribution in [0.15, 0.2) is 47.8 Å². The standard InChI is InChI=1S/C17H19NO3S/c1-2-7-14(13-8-4-3-5-9-13)18-16(19)12-21-17(20)15-10-6-11-22-15/h3-6,8-11,14H,2,7,12H2,1H3,(H,18,19). The van der Waals surface area contributed by atoms with Gasteiger partial charge in [-0.1, -0.05) is 49.7 Å². The first kappa shape index (κ1) is 16.2. The van der Waals surface area contributed by atoms with Gasteiger partial charge in [0.15, 0.2) is 6.61 Å². The SMILES string of the molecule is CCCC(NC(=O)COC(=O)c1cccs1)c1ccccc1. The van der Waals surface area contributed by atoms with Crippen molar-refractivity contribution in [1.29, 1.82) is 0 Å². The number of hydrogen-bond donors (Lipinski definition) is 1. The zero-order valence-corrected chi connectivity index (χ0v) is 13.3. The molecule has 4 nitrogen and oxygen atoms in total. The highest BCUT2D eigenvalue weighted by atomic mass is 32.1. The molecule has 1 atom stereocenters. The molecule has 0 aliphatic carbocycles. The summed E-state index contributed by atoms with van der Waals surface area (Å²) in [6, 6.07) is 13.2. The van der Waals surface area contributed by atoms with Crippen molar-refractivity contribution in [2.75, 3.05) is 6.61 Å². The van der Waals surface area contributed by atoms with E-state index in [2.05, 4.69) is 12.2 Å². The topological polar surface area (TPSA) is 55.4 Å². The van der Waals surface area contributed by atoms with E-state index in [9.17, 15) is 9.59 Å². The molecule has 0 fully saturated rings. The fraction of sp³-hybridized carbons (Fsp3) is 0.294. The Hall–Kier alpha value is -2.14. The van der Waals surface area contributed by atoms with Crippen molar-refractivity contribution in [3.8, 4) is 0 Å². The lowest BCUT2D eigenvalue weighted by atomic mass is 10.0. The van der Waals surface area contributed by atoms with E-state index in [1.807, 2.05) is 30.3 Å². The van der Waals surface area contributed by atoms with Gasteiger partial charge in [0.1, 0.15) is 4.88 Å². The first-order valence-electron chi connectivity index (χ1n) is 7.25. The van der Waals surface area contributed by atoms with E-state index in [1.165, 1.54) is 11.3 Å². The van der Waals surface area contributed by atoms with Gasteiger partial charge < -0.3 is 10.1 Å². The zero-order chi connectivity index (χ0) is 15.8. The zero-order valence-electron chi connectivity index (χ0n) is 12.5. The Morgan fingerprint density at radius 2 is 1.95 bits per heavy atom. The van der Waals surface area contributed by atoms with Gasteiger partial charge in [0.2, 0.25) is 0 Å². The molecule has 0 saturated carbocycles. The number of thiophene rings is 1. The first-order valence-corrected chi connectivity index (χ1v) is 8.13. The van der Waals surface area contributed by atoms with Crippen LogP contribution in [0.4, 0.5) is 0 Å². The third kappa shape index (κ3) is 4.70. The average Bonchev–Trinajstić information content (AvgIpc) is 3.07. The third-order valence-electron chi connectivity index (χ3n) is 3.17. The maximum Gasteiger partial charge on any atom is 0.348 e. The average molecular weight is 317 g/mol. The van der Waals surface area contributed by atoms with Crippen LogP contribution in [0.5, 0.6) is 0 Å². The number of hydrogen-bond acceptors (Lipinski definition) is 4. The van der Waals surface area contributed by atoms with Crippen molar-refractivity contribution in [2.45, 2.75) is 25.8 Å². The summed E-state index contributed by atoms with van der Waals surface area (Å²) in [5.74, 6) is -0.746. The summed E-state index contributed by atoms with van der Waals surface area (Å²) in [7, 11) is 0. The summed E-state index contributed by atoms with van der Waals surface area (Å²) in [6.07, 6.45) is 1.80. The number of carbonyl (C=O) groups excluding carboxylic acids is 2. The monoisotopic (exact) mass is 317 g/mol. The molecule has 1 aromatic carbocycles. The predicted molar refractivity (Wildman–Crippen MR) is 86.8 cm³/mol. The Morgan fingerprint density at radius 1 is 1.18 bits per heavy atom. The summed E-state index contributed by atoms with van der Waals surface area (Å²) in [4.78, 5) is 24.2. The number of amides is 1. The Labute approximate surface area is 134 Å². The Kier molecular flexibility index (Phi) is 6.15. The largest absolute Gasteiger partial charge is 0.451 e. The molecule has 0 spiro atoms. The van der Waals surface area contributed by atoms with E-state index < -0.39 is 5.97 Å². The van der Waals surface area contributed by atoms with Crippen LogP contribution in [-0.4, -0.2) is 18.5 Å². The van der Waals surface area contributed by atoms with Gasteiger partial charge in [0, 0.05) is 0 Å². The molecule has 1 aromatic heterocycles. The number of benzene rings is 1. The molecular weight excluding hydrogens is 298 g/mol. The molecule has 1 heterocycles. The summed E-state index contributed by atoms with van der Waals surface area (Å²) in [5, 5.41) is 4.72. The molecule has 1 amide bonds. The predicted octanol–water partition coefficient (Wildman–Crippen LogP) is 3.56. The molecule has 1 N–H and O–H groups in total. The van der Waals surface area contributed by atoms with Crippen molar-refractivity contribution in [1.82, 2.24) is 5.32 Å². The highest BCUT2D eigenvalue weighted by Gasteiger charge is 2.15. The van der Waals surface area contributed by atoms with Crippen LogP contribution in [-0.2, 0) is 9.53 Å². The quantitative estimate of drug-likeness (QED) is 0.794. The van der Waals surface area contributed by atoms with Gasteiger partial charge in [-0.15, -0.1) is 11.3 Å². The molecule has 2 aromatic rings. The van der Waals surface area contributed by atoms with Crippen LogP contribution in [0.25, 0.3) is 0 Å². The summed E-state index contributed by atoms with van der Waals surface area (Å²) in [5.41, 5.74) is 1.06. The maximum absolute atomic E-state index is 12.0. The van der Waals surface area contributed by atoms with E-state index in [4.69, 9.17) is 4.74 Å². The Morgan fingerprint density at radius 3 is 2.59 bits per heavy atom. The van der Waals surface area contributed by atoms with Crippen LogP contribution in [0, 0.1) is 0 Å². The van der Waals surface area contributed by atoms with Crippen LogP contribution in [0.2, 0.25) is 0 Å². The van der Waals surface area contributed by atoms with Gasteiger partial charge in [0.25, 0.3) is 5.91 Å². The number of esters is 1. The van der Waals surface area contributed by atoms with E-state index in [0.29, 0.717) is 4.88 Å². The molecule has 2 rings (SSSR count). The van der Waals surface area contributed by atoms with Gasteiger partial charge in [-0.3, -0.25) is 4.79 Å². The van der Waals surface area contributed by atoms with Crippen molar-refractivity contribution in [3.05, 3.63) is 58.3 Å². The molecular formula is C17H19NO3S. The van der Waals surface area contributed by atoms with E-state index >= 15 is 0 Å². The molecule has 0 aliphatic heterocycles. The smallest absolute Gasteiger partial charge is 0.348 e. The number of carbonyl (C=O) groups is 2. The fourth-order valence-corrected chi connectivity index (χ4v) is 2.75. The van der Waals surface area contributed by atoms with Gasteiger partial charge in [0.05, 0.1) is 6.04 Å². The molecule has 0 bridgehead atoms. The van der Waals surface area contributed by atoms with Crippen molar-refractivity contribution >= 4 is 23.2 Å². The summed E-state index contributed by atoms with van der Waals surface area (Å²) in [6.45, 7) is 1.81. The molecule has 0 saturated heterocycles. The van der Waals surface area contributed by atoms with Crippen molar-refractivity contribution in [2.24, 2.45) is 0 Å². The second-order valence-corrected chi connectivity index (χ2v) is 5.82. The number of ether oxygens (including phenoxy) is 1. The van der Waals surface area contributed by atoms with E-state index in [-0.39, 0.29) is 18.6 Å². The molecule has 5 heteroatoms. The summed E-state index contributed by atoms with van der Waals surface area (Å²) < 4.78 is 5.02. The minimum atomic E-state index is -0.461. The second-order valence-electron chi connectivity index (χ2n) is 4.87. The highest BCUT2D eigenvalue weighted by Crippen LogP contribution is 2.18. The van der Waals surface area contributed by atoms with Crippen molar-refractivity contribution < 1.29 is 14.3 Å². The van der Waals surface area contributed by atoms with Crippen LogP contribution < -0.4 is 5.32 Å². The third-order valence-corrected chi connectivity index (χ3v) is 4.02. The Balaban J connectivity index is 1.87. The van der Waals surface area contributed by atoms with Gasteiger partial charge in [-0.05, 0) is 23.4 Å². The lowest BCUT2D eigenvalue weighted by Gasteiger charge is -2.18. The lowest BCUT2D eigenvalue weighted by Crippen LogP contribution is -2.32. The van der Waals surface area contributed by atoms with Crippen LogP contribution in [0.3, 0.4) is 0 Å². The number of nitrogens with one attached hydrogen (secondary N) is 1. The molecule has 0 radical (unpaired) electrons. The lowest BCUT2D eigenvalue weighted by molar-refractivity contribution is -0.125. The highest BCUT2D eigenvalue weighted by molar-refractivity contribution is 7.11. The minimum Gasteiger partial charge on any atom is -0.451 e. The van der Waals surface area contributed by atoms with Crippen LogP contribution in [0.1, 0.15) is 41.0 Å². The molecule has 116 valence electrons. The van der Waals surface area contributed by atoms with Gasteiger partial charge in [-0.2, -0.15) is 0 Å². The second kappa shape index (κ2) is 8.34. The molecule has 22 heavy (non-hydrogen) atoms. The van der Waals surface area contributed by atoms with Crippen LogP contribution >= 0.6 is 11.3 Å². The van der Waals surface area contributed by atoms with Gasteiger partial charge in [-0.25, -0.2) is 4.79 Å².